The summed E-state index contributed by atoms with van der Waals surface area (Å²) >= 11 is 0. The maximum absolute atomic E-state index is 13.1. The van der Waals surface area contributed by atoms with Gasteiger partial charge in [0.25, 0.3) is 0 Å². The molecule has 0 spiro atoms. The highest BCUT2D eigenvalue weighted by atomic mass is 16.2. The molecule has 1 aliphatic carbocycles. The molecule has 5 rings (SSSR count). The normalized spacial score (nSPS) is 19.8. The van der Waals surface area contributed by atoms with E-state index >= 15 is 0 Å². The Balaban J connectivity index is 1.31. The van der Waals surface area contributed by atoms with Crippen LogP contribution in [0.25, 0.3) is 11.1 Å². The molecule has 1 aliphatic heterocycles. The first kappa shape index (κ1) is 21.8. The van der Waals surface area contributed by atoms with E-state index in [-0.39, 0.29) is 30.1 Å². The largest absolute Gasteiger partial charge is 0.295 e. The van der Waals surface area contributed by atoms with Gasteiger partial charge in [-0.25, -0.2) is 4.98 Å². The van der Waals surface area contributed by atoms with Crippen molar-refractivity contribution in [2.45, 2.75) is 32.6 Å². The highest BCUT2D eigenvalue weighted by molar-refractivity contribution is 6.01. The molecule has 9 heteroatoms. The summed E-state index contributed by atoms with van der Waals surface area (Å²) in [6.07, 6.45) is 6.20. The lowest BCUT2D eigenvalue weighted by Gasteiger charge is -2.20. The van der Waals surface area contributed by atoms with E-state index in [1.807, 2.05) is 37.5 Å². The van der Waals surface area contributed by atoms with Crippen LogP contribution in [-0.2, 0) is 23.1 Å². The van der Waals surface area contributed by atoms with Crippen molar-refractivity contribution in [1.82, 2.24) is 19.7 Å². The first-order valence-electron chi connectivity index (χ1n) is 11.3. The van der Waals surface area contributed by atoms with Crippen LogP contribution in [0.1, 0.15) is 30.5 Å². The number of carbonyl (C=O) groups excluding carboxylic acids is 2. The first-order valence-corrected chi connectivity index (χ1v) is 11.3. The number of benzene rings is 1. The lowest BCUT2D eigenvalue weighted by atomic mass is 9.83. The Morgan fingerprint density at radius 3 is 2.79 bits per heavy atom. The molecule has 0 bridgehead atoms. The van der Waals surface area contributed by atoms with Crippen molar-refractivity contribution in [2.24, 2.45) is 18.4 Å². The summed E-state index contributed by atoms with van der Waals surface area (Å²) in [5.74, 6) is 0.262. The van der Waals surface area contributed by atoms with Gasteiger partial charge in [-0.1, -0.05) is 24.3 Å². The molecule has 2 aliphatic rings. The van der Waals surface area contributed by atoms with Crippen LogP contribution in [-0.4, -0.2) is 38.1 Å². The fraction of sp³-hybridized carbons (Fsp3) is 0.360. The molecule has 0 radical (unpaired) electrons. The van der Waals surface area contributed by atoms with Gasteiger partial charge >= 0.3 is 0 Å². The number of hydrogen-bond donors (Lipinski definition) is 1. The lowest BCUT2D eigenvalue weighted by molar-refractivity contribution is -0.123. The van der Waals surface area contributed by atoms with Gasteiger partial charge in [-0.15, -0.1) is 0 Å². The van der Waals surface area contributed by atoms with Crippen LogP contribution in [0.2, 0.25) is 0 Å². The molecule has 2 fully saturated rings. The molecule has 1 saturated heterocycles. The van der Waals surface area contributed by atoms with E-state index in [1.165, 1.54) is 0 Å². The minimum atomic E-state index is -0.943. The van der Waals surface area contributed by atoms with E-state index in [4.69, 9.17) is 0 Å². The topological polar surface area (TPSA) is 117 Å². The highest BCUT2D eigenvalue weighted by Crippen LogP contribution is 2.51. The molecule has 1 N–H and O–H groups in total. The van der Waals surface area contributed by atoms with Crippen LogP contribution >= 0.6 is 0 Å². The van der Waals surface area contributed by atoms with Gasteiger partial charge in [0.05, 0.1) is 18.7 Å². The zero-order chi connectivity index (χ0) is 23.9. The number of rotatable bonds is 6. The molecule has 9 nitrogen and oxygen atoms in total. The van der Waals surface area contributed by atoms with Crippen molar-refractivity contribution in [3.05, 3.63) is 54.0 Å². The summed E-state index contributed by atoms with van der Waals surface area (Å²) in [6.45, 7) is 2.23. The number of carbonyl (C=O) groups is 2. The van der Waals surface area contributed by atoms with Crippen LogP contribution in [0.15, 0.2) is 42.7 Å². The standard InChI is InChI=1S/C25H25N7O2/c1-16-10-21(32-9-8-25(15-26,23(32)34)20-6-7-20)29-24(28-16)30-22(33)12-17-4-3-5-18(11-17)19-13-27-31(2)14-19/h3-5,10-11,13-14,20H,6-9,12H2,1-2H3,(H,28,29,30,33)/t25-/m1/s1. The third-order valence-electron chi connectivity index (χ3n) is 6.53. The fourth-order valence-corrected chi connectivity index (χ4v) is 4.64. The summed E-state index contributed by atoms with van der Waals surface area (Å²) in [5, 5.41) is 16.7. The van der Waals surface area contributed by atoms with Crippen molar-refractivity contribution in [2.75, 3.05) is 16.8 Å². The second-order valence-corrected chi connectivity index (χ2v) is 9.08. The molecule has 1 saturated carbocycles. The summed E-state index contributed by atoms with van der Waals surface area (Å²) < 4.78 is 1.73. The third kappa shape index (κ3) is 4.03. The second-order valence-electron chi connectivity index (χ2n) is 9.08. The smallest absolute Gasteiger partial charge is 0.248 e. The van der Waals surface area contributed by atoms with Crippen molar-refractivity contribution >= 4 is 23.6 Å². The predicted octanol–water partition coefficient (Wildman–Crippen LogP) is 3.02. The third-order valence-corrected chi connectivity index (χ3v) is 6.53. The average molecular weight is 456 g/mol. The Labute approximate surface area is 197 Å². The van der Waals surface area contributed by atoms with Crippen molar-refractivity contribution in [3.8, 4) is 17.2 Å². The summed E-state index contributed by atoms with van der Waals surface area (Å²) in [6, 6.07) is 11.7. The summed E-state index contributed by atoms with van der Waals surface area (Å²) in [4.78, 5) is 36.2. The van der Waals surface area contributed by atoms with Gasteiger partial charge in [-0.05, 0) is 43.2 Å². The second kappa shape index (κ2) is 8.37. The Bertz CT molecular complexity index is 1320. The van der Waals surface area contributed by atoms with Gasteiger partial charge in [0, 0.05) is 37.1 Å². The zero-order valence-corrected chi connectivity index (χ0v) is 19.2. The molecular formula is C25H25N7O2. The van der Waals surface area contributed by atoms with Gasteiger partial charge in [-0.3, -0.25) is 24.5 Å². The van der Waals surface area contributed by atoms with Crippen LogP contribution in [0, 0.1) is 29.6 Å². The van der Waals surface area contributed by atoms with E-state index < -0.39 is 5.41 Å². The fourth-order valence-electron chi connectivity index (χ4n) is 4.64. The van der Waals surface area contributed by atoms with Gasteiger partial charge < -0.3 is 0 Å². The summed E-state index contributed by atoms with van der Waals surface area (Å²) in [5.41, 5.74) is 2.50. The van der Waals surface area contributed by atoms with E-state index in [0.29, 0.717) is 24.5 Å². The Hall–Kier alpha value is -4.06. The Morgan fingerprint density at radius 2 is 2.09 bits per heavy atom. The van der Waals surface area contributed by atoms with E-state index in [0.717, 1.165) is 29.5 Å². The average Bonchev–Trinajstić information content (AvgIpc) is 3.48. The molecule has 0 unspecified atom stereocenters. The van der Waals surface area contributed by atoms with Crippen molar-refractivity contribution < 1.29 is 9.59 Å². The van der Waals surface area contributed by atoms with E-state index in [1.54, 1.807) is 28.8 Å². The zero-order valence-electron chi connectivity index (χ0n) is 19.2. The maximum atomic E-state index is 13.1. The first-order chi connectivity index (χ1) is 16.4. The number of aromatic nitrogens is 4. The highest BCUT2D eigenvalue weighted by Gasteiger charge is 2.57. The SMILES string of the molecule is Cc1cc(N2CC[C@@](C#N)(C3CC3)C2=O)nc(NC(=O)Cc2cccc(-c3cnn(C)c3)c2)n1. The molecular weight excluding hydrogens is 430 g/mol. The molecule has 2 aromatic heterocycles. The number of anilines is 2. The minimum absolute atomic E-state index is 0.138. The van der Waals surface area contributed by atoms with Crippen LogP contribution < -0.4 is 10.2 Å². The van der Waals surface area contributed by atoms with Gasteiger partial charge in [0.2, 0.25) is 17.8 Å². The lowest BCUT2D eigenvalue weighted by Crippen LogP contribution is -2.35. The Morgan fingerprint density at radius 1 is 1.26 bits per heavy atom. The van der Waals surface area contributed by atoms with Crippen LogP contribution in [0.5, 0.6) is 0 Å². The number of nitrogens with one attached hydrogen (secondary N) is 1. The monoisotopic (exact) mass is 455 g/mol. The number of amides is 2. The minimum Gasteiger partial charge on any atom is -0.295 e. The van der Waals surface area contributed by atoms with E-state index in [2.05, 4.69) is 26.5 Å². The maximum Gasteiger partial charge on any atom is 0.248 e. The Kier molecular flexibility index (Phi) is 5.36. The van der Waals surface area contributed by atoms with Crippen LogP contribution in [0.3, 0.4) is 0 Å². The predicted molar refractivity (Wildman–Crippen MR) is 125 cm³/mol. The molecule has 1 aromatic carbocycles. The molecule has 3 aromatic rings. The van der Waals surface area contributed by atoms with Crippen LogP contribution in [0.4, 0.5) is 11.8 Å². The molecule has 34 heavy (non-hydrogen) atoms. The number of aryl methyl sites for hydroxylation is 2. The quantitative estimate of drug-likeness (QED) is 0.611. The molecule has 1 atom stereocenters. The van der Waals surface area contributed by atoms with E-state index in [9.17, 15) is 14.9 Å². The van der Waals surface area contributed by atoms with Crippen molar-refractivity contribution in [3.63, 3.8) is 0 Å². The van der Waals surface area contributed by atoms with Gasteiger partial charge in [-0.2, -0.15) is 15.3 Å². The van der Waals surface area contributed by atoms with Crippen molar-refractivity contribution in [1.29, 1.82) is 5.26 Å². The number of hydrogen-bond acceptors (Lipinski definition) is 6. The molecule has 172 valence electrons. The number of nitrogens with zero attached hydrogens (tertiary/aromatic N) is 6. The van der Waals surface area contributed by atoms with Gasteiger partial charge in [0.15, 0.2) is 0 Å². The number of nitriles is 1. The molecule has 2 amide bonds. The summed E-state index contributed by atoms with van der Waals surface area (Å²) in [7, 11) is 1.86. The molecule has 3 heterocycles. The van der Waals surface area contributed by atoms with Gasteiger partial charge in [0.1, 0.15) is 11.2 Å².